The number of nitrogens with one attached hydrogen (secondary N) is 1. The number of carbonyl (C=O) groups excluding carboxylic acids is 1. The highest BCUT2D eigenvalue weighted by molar-refractivity contribution is 7.90. The quantitative estimate of drug-likeness (QED) is 0.850. The van der Waals surface area contributed by atoms with E-state index < -0.39 is 15.7 Å². The fraction of sp³-hybridized carbons (Fsp3) is 0.0714. The minimum atomic E-state index is -3.44. The summed E-state index contributed by atoms with van der Waals surface area (Å²) in [6, 6.07) is 10.1. The van der Waals surface area contributed by atoms with Crippen LogP contribution in [0.15, 0.2) is 47.4 Å². The van der Waals surface area contributed by atoms with Gasteiger partial charge in [-0.15, -0.1) is 0 Å². The second-order valence-electron chi connectivity index (χ2n) is 4.39. The molecule has 0 aliphatic heterocycles. The Hall–Kier alpha value is -2.05. The van der Waals surface area contributed by atoms with Crippen LogP contribution in [0.2, 0.25) is 5.02 Å². The summed E-state index contributed by atoms with van der Waals surface area (Å²) in [5.41, 5.74) is 0.228. The largest absolute Gasteiger partial charge is 0.506 e. The van der Waals surface area contributed by atoms with Crippen LogP contribution in [0.1, 0.15) is 10.4 Å². The molecule has 0 unspecified atom stereocenters. The highest BCUT2D eigenvalue weighted by Gasteiger charge is 2.16. The van der Waals surface area contributed by atoms with Crippen LogP contribution in [0.3, 0.4) is 0 Å². The molecule has 2 rings (SSSR count). The molecular weight excluding hydrogens is 314 g/mol. The van der Waals surface area contributed by atoms with E-state index in [0.29, 0.717) is 0 Å². The van der Waals surface area contributed by atoms with Crippen LogP contribution in [0.5, 0.6) is 5.75 Å². The van der Waals surface area contributed by atoms with E-state index in [2.05, 4.69) is 5.32 Å². The minimum absolute atomic E-state index is 0.00525. The van der Waals surface area contributed by atoms with Crippen LogP contribution in [-0.4, -0.2) is 25.7 Å². The van der Waals surface area contributed by atoms with Crippen LogP contribution < -0.4 is 5.32 Å². The van der Waals surface area contributed by atoms with Crippen molar-refractivity contribution in [3.63, 3.8) is 0 Å². The van der Waals surface area contributed by atoms with Crippen molar-refractivity contribution in [1.82, 2.24) is 0 Å². The summed E-state index contributed by atoms with van der Waals surface area (Å²) in [5, 5.41) is 12.2. The minimum Gasteiger partial charge on any atom is -0.506 e. The second kappa shape index (κ2) is 5.75. The van der Waals surface area contributed by atoms with Crippen molar-refractivity contribution in [2.75, 3.05) is 11.6 Å². The maximum Gasteiger partial charge on any atom is 0.257 e. The smallest absolute Gasteiger partial charge is 0.257 e. The van der Waals surface area contributed by atoms with Gasteiger partial charge < -0.3 is 10.4 Å². The molecule has 0 radical (unpaired) electrons. The average Bonchev–Trinajstić information content (AvgIpc) is 2.40. The highest BCUT2D eigenvalue weighted by Crippen LogP contribution is 2.25. The van der Waals surface area contributed by atoms with E-state index >= 15 is 0 Å². The Labute approximate surface area is 127 Å². The van der Waals surface area contributed by atoms with E-state index in [1.54, 1.807) is 12.1 Å². The first kappa shape index (κ1) is 15.3. The molecule has 2 aromatic carbocycles. The van der Waals surface area contributed by atoms with Crippen molar-refractivity contribution in [1.29, 1.82) is 0 Å². The van der Waals surface area contributed by atoms with Crippen molar-refractivity contribution in [3.05, 3.63) is 53.1 Å². The summed E-state index contributed by atoms with van der Waals surface area (Å²) < 4.78 is 23.0. The Balaban J connectivity index is 2.38. The molecule has 21 heavy (non-hydrogen) atoms. The zero-order valence-electron chi connectivity index (χ0n) is 11.0. The third kappa shape index (κ3) is 3.53. The van der Waals surface area contributed by atoms with Gasteiger partial charge in [0.25, 0.3) is 5.91 Å². The van der Waals surface area contributed by atoms with E-state index in [0.717, 1.165) is 6.26 Å². The lowest BCUT2D eigenvalue weighted by molar-refractivity contribution is 0.102. The number of phenols is 1. The number of sulfone groups is 1. The van der Waals surface area contributed by atoms with Gasteiger partial charge in [-0.2, -0.15) is 0 Å². The molecule has 5 nitrogen and oxygen atoms in total. The molecule has 0 bridgehead atoms. The van der Waals surface area contributed by atoms with Gasteiger partial charge in [-0.3, -0.25) is 4.79 Å². The number of rotatable bonds is 3. The molecule has 7 heteroatoms. The molecule has 0 saturated heterocycles. The predicted octanol–water partition coefficient (Wildman–Crippen LogP) is 2.70. The zero-order valence-corrected chi connectivity index (χ0v) is 12.6. The summed E-state index contributed by atoms with van der Waals surface area (Å²) in [7, 11) is -3.44. The molecule has 0 spiro atoms. The number of anilines is 1. The number of benzene rings is 2. The number of para-hydroxylation sites is 2. The molecule has 0 saturated carbocycles. The maximum atomic E-state index is 12.2. The van der Waals surface area contributed by atoms with Crippen molar-refractivity contribution in [3.8, 4) is 5.75 Å². The van der Waals surface area contributed by atoms with Crippen molar-refractivity contribution in [2.45, 2.75) is 4.90 Å². The SMILES string of the molecule is CS(=O)(=O)c1ccc(Cl)c(C(=O)Nc2ccccc2O)c1. The topological polar surface area (TPSA) is 83.5 Å². The van der Waals surface area contributed by atoms with Crippen LogP contribution in [-0.2, 0) is 9.84 Å². The molecule has 0 heterocycles. The number of phenolic OH excluding ortho intramolecular Hbond substituents is 1. The predicted molar refractivity (Wildman–Crippen MR) is 80.6 cm³/mol. The first-order chi connectivity index (χ1) is 9.79. The highest BCUT2D eigenvalue weighted by atomic mass is 35.5. The summed E-state index contributed by atoms with van der Waals surface area (Å²) in [5.74, 6) is -0.701. The summed E-state index contributed by atoms with van der Waals surface area (Å²) in [6.45, 7) is 0. The lowest BCUT2D eigenvalue weighted by Crippen LogP contribution is -2.13. The van der Waals surface area contributed by atoms with E-state index in [1.165, 1.54) is 30.3 Å². The van der Waals surface area contributed by atoms with E-state index in [9.17, 15) is 18.3 Å². The number of hydrogen-bond acceptors (Lipinski definition) is 4. The zero-order chi connectivity index (χ0) is 15.6. The number of hydrogen-bond donors (Lipinski definition) is 2. The molecule has 0 aliphatic rings. The van der Waals surface area contributed by atoms with Gasteiger partial charge in [0.1, 0.15) is 5.75 Å². The fourth-order valence-electron chi connectivity index (χ4n) is 1.68. The molecular formula is C14H12ClNO4S. The summed E-state index contributed by atoms with van der Waals surface area (Å²) in [6.07, 6.45) is 1.04. The number of halogens is 1. The molecule has 2 aromatic rings. The molecule has 0 fully saturated rings. The van der Waals surface area contributed by atoms with Crippen molar-refractivity contribution < 1.29 is 18.3 Å². The average molecular weight is 326 g/mol. The Bertz CT molecular complexity index is 802. The first-order valence-corrected chi connectivity index (χ1v) is 8.15. The normalized spacial score (nSPS) is 11.1. The Morgan fingerprint density at radius 3 is 2.48 bits per heavy atom. The third-order valence-electron chi connectivity index (χ3n) is 2.76. The van der Waals surface area contributed by atoms with Crippen LogP contribution in [0, 0.1) is 0 Å². The van der Waals surface area contributed by atoms with Gasteiger partial charge in [-0.1, -0.05) is 23.7 Å². The molecule has 2 N–H and O–H groups in total. The van der Waals surface area contributed by atoms with Crippen molar-refractivity contribution in [2.24, 2.45) is 0 Å². The lowest BCUT2D eigenvalue weighted by atomic mass is 10.2. The second-order valence-corrected chi connectivity index (χ2v) is 6.81. The molecule has 0 atom stereocenters. The number of carbonyl (C=O) groups is 1. The van der Waals surface area contributed by atoms with E-state index in [-0.39, 0.29) is 26.9 Å². The standard InChI is InChI=1S/C14H12ClNO4S/c1-21(19,20)9-6-7-11(15)10(8-9)14(18)16-12-4-2-3-5-13(12)17/h2-8,17H,1H3,(H,16,18). The van der Waals surface area contributed by atoms with Gasteiger partial charge in [0.2, 0.25) is 0 Å². The van der Waals surface area contributed by atoms with E-state index in [4.69, 9.17) is 11.6 Å². The molecule has 110 valence electrons. The number of amides is 1. The van der Waals surface area contributed by atoms with E-state index in [1.807, 2.05) is 0 Å². The fourth-order valence-corrected chi connectivity index (χ4v) is 2.53. The monoisotopic (exact) mass is 325 g/mol. The maximum absolute atomic E-state index is 12.2. The summed E-state index contributed by atoms with van der Waals surface area (Å²) in [4.78, 5) is 12.2. The van der Waals surface area contributed by atoms with Crippen LogP contribution in [0.4, 0.5) is 5.69 Å². The first-order valence-electron chi connectivity index (χ1n) is 5.88. The lowest BCUT2D eigenvalue weighted by Gasteiger charge is -2.09. The molecule has 0 aliphatic carbocycles. The molecule has 1 amide bonds. The number of aromatic hydroxyl groups is 1. The Kier molecular flexibility index (Phi) is 4.20. The van der Waals surface area contributed by atoms with Gasteiger partial charge in [0.05, 0.1) is 21.2 Å². The third-order valence-corrected chi connectivity index (χ3v) is 4.20. The van der Waals surface area contributed by atoms with Gasteiger partial charge in [-0.05, 0) is 30.3 Å². The summed E-state index contributed by atoms with van der Waals surface area (Å²) >= 11 is 5.93. The van der Waals surface area contributed by atoms with Gasteiger partial charge >= 0.3 is 0 Å². The Morgan fingerprint density at radius 2 is 1.86 bits per heavy atom. The van der Waals surface area contributed by atoms with Gasteiger partial charge in [0, 0.05) is 6.26 Å². The van der Waals surface area contributed by atoms with Crippen LogP contribution in [0.25, 0.3) is 0 Å². The van der Waals surface area contributed by atoms with Crippen LogP contribution >= 0.6 is 11.6 Å². The van der Waals surface area contributed by atoms with Crippen molar-refractivity contribution >= 4 is 33.0 Å². The Morgan fingerprint density at radius 1 is 1.19 bits per heavy atom. The van der Waals surface area contributed by atoms with Gasteiger partial charge in [0.15, 0.2) is 9.84 Å². The molecule has 0 aromatic heterocycles. The van der Waals surface area contributed by atoms with Gasteiger partial charge in [-0.25, -0.2) is 8.42 Å².